The van der Waals surface area contributed by atoms with Gasteiger partial charge in [0.1, 0.15) is 0 Å². The van der Waals surface area contributed by atoms with E-state index in [1.165, 1.54) is 18.3 Å². The molecule has 0 heterocycles. The Bertz CT molecular complexity index is 624. The first-order valence-corrected chi connectivity index (χ1v) is 6.03. The van der Waals surface area contributed by atoms with Crippen molar-refractivity contribution in [2.24, 2.45) is 5.10 Å². The monoisotopic (exact) mass is 270 g/mol. The molecule has 2 rings (SSSR count). The Morgan fingerprint density at radius 1 is 1.10 bits per heavy atom. The Morgan fingerprint density at radius 2 is 1.85 bits per heavy atom. The van der Waals surface area contributed by atoms with E-state index in [0.29, 0.717) is 5.56 Å². The zero-order valence-electron chi connectivity index (χ0n) is 10.7. The van der Waals surface area contributed by atoms with Crippen LogP contribution in [0, 0.1) is 0 Å². The minimum absolute atomic E-state index is 0.199. The average molecular weight is 270 g/mol. The number of carbonyl (C=O) groups is 1. The molecule has 0 atom stereocenters. The zero-order chi connectivity index (χ0) is 14.4. The highest BCUT2D eigenvalue weighted by atomic mass is 16.3. The highest BCUT2D eigenvalue weighted by Crippen LogP contribution is 2.23. The molecule has 2 aromatic rings. The maximum atomic E-state index is 11.6. The second-order valence-electron chi connectivity index (χ2n) is 4.20. The molecule has 5 heteroatoms. The summed E-state index contributed by atoms with van der Waals surface area (Å²) in [5, 5.41) is 22.3. The number of nitrogens with one attached hydrogen (secondary N) is 1. The van der Waals surface area contributed by atoms with Crippen molar-refractivity contribution in [1.82, 2.24) is 5.43 Å². The Labute approximate surface area is 116 Å². The van der Waals surface area contributed by atoms with E-state index < -0.39 is 0 Å². The van der Waals surface area contributed by atoms with Crippen LogP contribution in [0.1, 0.15) is 11.1 Å². The van der Waals surface area contributed by atoms with Crippen molar-refractivity contribution in [3.63, 3.8) is 0 Å². The van der Waals surface area contributed by atoms with Crippen LogP contribution in [0.15, 0.2) is 53.6 Å². The summed E-state index contributed by atoms with van der Waals surface area (Å²) >= 11 is 0. The van der Waals surface area contributed by atoms with Crippen LogP contribution in [-0.4, -0.2) is 22.3 Å². The number of benzene rings is 2. The molecule has 102 valence electrons. The zero-order valence-corrected chi connectivity index (χ0v) is 10.7. The summed E-state index contributed by atoms with van der Waals surface area (Å²) in [5.74, 6) is -0.657. The van der Waals surface area contributed by atoms with Crippen molar-refractivity contribution in [2.75, 3.05) is 0 Å². The Balaban J connectivity index is 1.89. The van der Waals surface area contributed by atoms with E-state index in [1.54, 1.807) is 6.07 Å². The van der Waals surface area contributed by atoms with Gasteiger partial charge in [0, 0.05) is 0 Å². The minimum atomic E-state index is -0.232. The molecule has 0 aliphatic carbocycles. The van der Waals surface area contributed by atoms with Crippen LogP contribution in [0.2, 0.25) is 0 Å². The van der Waals surface area contributed by atoms with Crippen LogP contribution in [0.3, 0.4) is 0 Å². The molecule has 0 aromatic heterocycles. The fourth-order valence-electron chi connectivity index (χ4n) is 1.62. The smallest absolute Gasteiger partial charge is 0.244 e. The van der Waals surface area contributed by atoms with Gasteiger partial charge in [-0.1, -0.05) is 30.3 Å². The Morgan fingerprint density at radius 3 is 2.55 bits per heavy atom. The summed E-state index contributed by atoms with van der Waals surface area (Å²) in [6, 6.07) is 13.6. The first-order chi connectivity index (χ1) is 9.65. The summed E-state index contributed by atoms with van der Waals surface area (Å²) in [6.45, 7) is 0. The normalized spacial score (nSPS) is 10.6. The van der Waals surface area contributed by atoms with E-state index in [-0.39, 0.29) is 23.8 Å². The number of rotatable bonds is 4. The van der Waals surface area contributed by atoms with E-state index in [1.807, 2.05) is 30.3 Å². The molecule has 0 saturated carbocycles. The number of phenols is 2. The van der Waals surface area contributed by atoms with Gasteiger partial charge in [-0.2, -0.15) is 5.10 Å². The second kappa shape index (κ2) is 6.38. The third-order valence-corrected chi connectivity index (χ3v) is 2.61. The first kappa shape index (κ1) is 13.6. The number of phenolic OH excluding ortho intramolecular Hbond substituents is 2. The van der Waals surface area contributed by atoms with Crippen molar-refractivity contribution in [2.45, 2.75) is 6.42 Å². The molecule has 0 aliphatic rings. The van der Waals surface area contributed by atoms with Crippen LogP contribution in [-0.2, 0) is 11.2 Å². The molecule has 5 nitrogen and oxygen atoms in total. The predicted octanol–water partition coefficient (Wildman–Crippen LogP) is 1.79. The molecule has 0 saturated heterocycles. The van der Waals surface area contributed by atoms with Gasteiger partial charge in [0.25, 0.3) is 0 Å². The molecule has 0 bridgehead atoms. The maximum Gasteiger partial charge on any atom is 0.244 e. The highest BCUT2D eigenvalue weighted by Gasteiger charge is 2.01. The van der Waals surface area contributed by atoms with Crippen molar-refractivity contribution in [3.05, 3.63) is 59.7 Å². The Hall–Kier alpha value is -2.82. The number of hydrogen-bond acceptors (Lipinski definition) is 4. The van der Waals surface area contributed by atoms with Gasteiger partial charge in [0.15, 0.2) is 11.5 Å². The summed E-state index contributed by atoms with van der Waals surface area (Å²) in [4.78, 5) is 11.6. The van der Waals surface area contributed by atoms with Gasteiger partial charge in [0.2, 0.25) is 5.91 Å². The number of nitrogens with zero attached hydrogens (tertiary/aromatic N) is 1. The quantitative estimate of drug-likeness (QED) is 0.450. The van der Waals surface area contributed by atoms with Gasteiger partial charge in [-0.25, -0.2) is 5.43 Å². The molecule has 0 aliphatic heterocycles. The van der Waals surface area contributed by atoms with Gasteiger partial charge in [-0.15, -0.1) is 0 Å². The molecule has 2 aromatic carbocycles. The lowest BCUT2D eigenvalue weighted by Crippen LogP contribution is -2.19. The molecular weight excluding hydrogens is 256 g/mol. The van der Waals surface area contributed by atoms with Crippen LogP contribution in [0.5, 0.6) is 11.5 Å². The third-order valence-electron chi connectivity index (χ3n) is 2.61. The highest BCUT2D eigenvalue weighted by molar-refractivity contribution is 5.83. The van der Waals surface area contributed by atoms with E-state index >= 15 is 0 Å². The van der Waals surface area contributed by atoms with Crippen LogP contribution < -0.4 is 5.43 Å². The lowest BCUT2D eigenvalue weighted by atomic mass is 10.1. The second-order valence-corrected chi connectivity index (χ2v) is 4.20. The number of aromatic hydroxyl groups is 2. The van der Waals surface area contributed by atoms with Crippen LogP contribution in [0.4, 0.5) is 0 Å². The molecule has 20 heavy (non-hydrogen) atoms. The SMILES string of the molecule is O=C(Cc1ccccc1)N/N=C/c1ccc(O)c(O)c1. The van der Waals surface area contributed by atoms with E-state index in [4.69, 9.17) is 5.11 Å². The van der Waals surface area contributed by atoms with E-state index in [9.17, 15) is 9.90 Å². The molecular formula is C15H14N2O3. The lowest BCUT2D eigenvalue weighted by Gasteiger charge is -2.00. The molecule has 0 radical (unpaired) electrons. The van der Waals surface area contributed by atoms with Gasteiger partial charge in [-0.05, 0) is 29.3 Å². The van der Waals surface area contributed by atoms with Crippen molar-refractivity contribution < 1.29 is 15.0 Å². The summed E-state index contributed by atoms with van der Waals surface area (Å²) in [7, 11) is 0. The lowest BCUT2D eigenvalue weighted by molar-refractivity contribution is -0.120. The van der Waals surface area contributed by atoms with Crippen LogP contribution >= 0.6 is 0 Å². The molecule has 3 N–H and O–H groups in total. The minimum Gasteiger partial charge on any atom is -0.504 e. The molecule has 1 amide bonds. The van der Waals surface area contributed by atoms with E-state index in [0.717, 1.165) is 5.56 Å². The third kappa shape index (κ3) is 3.84. The number of hydrazone groups is 1. The first-order valence-electron chi connectivity index (χ1n) is 6.03. The largest absolute Gasteiger partial charge is 0.504 e. The number of carbonyl (C=O) groups excluding carboxylic acids is 1. The summed E-state index contributed by atoms with van der Waals surface area (Å²) in [6.07, 6.45) is 1.64. The fourth-order valence-corrected chi connectivity index (χ4v) is 1.62. The van der Waals surface area contributed by atoms with E-state index in [2.05, 4.69) is 10.5 Å². The van der Waals surface area contributed by atoms with Crippen LogP contribution in [0.25, 0.3) is 0 Å². The van der Waals surface area contributed by atoms with Gasteiger partial charge in [0.05, 0.1) is 12.6 Å². The van der Waals surface area contributed by atoms with Gasteiger partial charge in [-0.3, -0.25) is 4.79 Å². The van der Waals surface area contributed by atoms with Crippen molar-refractivity contribution >= 4 is 12.1 Å². The number of hydrogen-bond donors (Lipinski definition) is 3. The number of amides is 1. The van der Waals surface area contributed by atoms with Gasteiger partial charge < -0.3 is 10.2 Å². The van der Waals surface area contributed by atoms with Crippen molar-refractivity contribution in [3.8, 4) is 11.5 Å². The molecule has 0 fully saturated rings. The van der Waals surface area contributed by atoms with Gasteiger partial charge >= 0.3 is 0 Å². The summed E-state index contributed by atoms with van der Waals surface area (Å²) < 4.78 is 0. The molecule has 0 spiro atoms. The fraction of sp³-hybridized carbons (Fsp3) is 0.0667. The Kier molecular flexibility index (Phi) is 4.34. The van der Waals surface area contributed by atoms with Crippen molar-refractivity contribution in [1.29, 1.82) is 0 Å². The molecule has 0 unspecified atom stereocenters. The summed E-state index contributed by atoms with van der Waals surface area (Å²) in [5.41, 5.74) is 3.87. The predicted molar refractivity (Wildman–Crippen MR) is 75.7 cm³/mol. The maximum absolute atomic E-state index is 11.6. The average Bonchev–Trinajstić information content (AvgIpc) is 2.44. The standard InChI is InChI=1S/C15H14N2O3/c18-13-7-6-12(8-14(13)19)10-16-17-15(20)9-11-4-2-1-3-5-11/h1-8,10,18-19H,9H2,(H,17,20)/b16-10+. The topological polar surface area (TPSA) is 81.9 Å².